The van der Waals surface area contributed by atoms with Gasteiger partial charge in [-0.3, -0.25) is 4.79 Å². The summed E-state index contributed by atoms with van der Waals surface area (Å²) >= 11 is 0. The summed E-state index contributed by atoms with van der Waals surface area (Å²) < 4.78 is 11.3. The second-order valence-electron chi connectivity index (χ2n) is 5.77. The predicted molar refractivity (Wildman–Crippen MR) is 67.0 cm³/mol. The molecular weight excluding hydrogens is 228 g/mol. The lowest BCUT2D eigenvalue weighted by Gasteiger charge is -2.29. The summed E-state index contributed by atoms with van der Waals surface area (Å²) in [6, 6.07) is 6.26. The Morgan fingerprint density at radius 2 is 2.11 bits per heavy atom. The number of carbonyl (C=O) groups excluding carboxylic acids is 1. The molecule has 0 spiro atoms. The van der Waals surface area contributed by atoms with Gasteiger partial charge in [-0.05, 0) is 37.5 Å². The maximum Gasteiger partial charge on any atom is 0.306 e. The zero-order valence-electron chi connectivity index (χ0n) is 11.0. The Morgan fingerprint density at radius 3 is 2.78 bits per heavy atom. The van der Waals surface area contributed by atoms with Gasteiger partial charge >= 0.3 is 5.97 Å². The van der Waals surface area contributed by atoms with Gasteiger partial charge < -0.3 is 9.47 Å². The van der Waals surface area contributed by atoms with Crippen molar-refractivity contribution in [1.82, 2.24) is 0 Å². The highest BCUT2D eigenvalue weighted by Crippen LogP contribution is 2.47. The number of aryl methyl sites for hydroxylation is 1. The molecule has 0 aromatic heterocycles. The van der Waals surface area contributed by atoms with Crippen LogP contribution in [0.1, 0.15) is 43.1 Å². The van der Waals surface area contributed by atoms with Crippen LogP contribution in [0.2, 0.25) is 0 Å². The average molecular weight is 246 g/mol. The molecule has 1 saturated heterocycles. The SMILES string of the molecule is Cc1cccc2c1[C@@H]([C@@H]1CC(=O)OC1(C)C)OC2. The first-order chi connectivity index (χ1) is 8.49. The van der Waals surface area contributed by atoms with Crippen molar-refractivity contribution < 1.29 is 14.3 Å². The van der Waals surface area contributed by atoms with Crippen LogP contribution in [0.5, 0.6) is 0 Å². The molecule has 1 aromatic carbocycles. The summed E-state index contributed by atoms with van der Waals surface area (Å²) in [5.41, 5.74) is 3.31. The van der Waals surface area contributed by atoms with E-state index >= 15 is 0 Å². The highest BCUT2D eigenvalue weighted by atomic mass is 16.6. The van der Waals surface area contributed by atoms with Crippen molar-refractivity contribution in [1.29, 1.82) is 0 Å². The zero-order valence-corrected chi connectivity index (χ0v) is 11.0. The van der Waals surface area contributed by atoms with Gasteiger partial charge in [-0.1, -0.05) is 18.2 Å². The molecule has 0 radical (unpaired) electrons. The van der Waals surface area contributed by atoms with Crippen molar-refractivity contribution in [3.8, 4) is 0 Å². The van der Waals surface area contributed by atoms with E-state index in [2.05, 4.69) is 25.1 Å². The van der Waals surface area contributed by atoms with Crippen LogP contribution in [-0.4, -0.2) is 11.6 Å². The molecule has 0 saturated carbocycles. The van der Waals surface area contributed by atoms with E-state index in [1.807, 2.05) is 13.8 Å². The van der Waals surface area contributed by atoms with E-state index in [1.165, 1.54) is 16.7 Å². The summed E-state index contributed by atoms with van der Waals surface area (Å²) in [5.74, 6) is -0.0111. The third-order valence-electron chi connectivity index (χ3n) is 4.14. The molecule has 0 amide bonds. The number of esters is 1. The van der Waals surface area contributed by atoms with E-state index in [0.29, 0.717) is 13.0 Å². The van der Waals surface area contributed by atoms with Crippen molar-refractivity contribution in [2.75, 3.05) is 0 Å². The molecule has 0 unspecified atom stereocenters. The van der Waals surface area contributed by atoms with Crippen LogP contribution in [0.3, 0.4) is 0 Å². The molecule has 2 atom stereocenters. The van der Waals surface area contributed by atoms with E-state index in [9.17, 15) is 4.79 Å². The molecule has 18 heavy (non-hydrogen) atoms. The molecule has 3 rings (SSSR count). The number of hydrogen-bond acceptors (Lipinski definition) is 3. The molecule has 2 aliphatic heterocycles. The Bertz CT molecular complexity index is 504. The number of ether oxygens (including phenoxy) is 2. The largest absolute Gasteiger partial charge is 0.459 e. The molecule has 2 heterocycles. The summed E-state index contributed by atoms with van der Waals surface area (Å²) in [7, 11) is 0. The van der Waals surface area contributed by atoms with Gasteiger partial charge in [-0.25, -0.2) is 0 Å². The summed E-state index contributed by atoms with van der Waals surface area (Å²) in [4.78, 5) is 11.5. The van der Waals surface area contributed by atoms with Crippen LogP contribution < -0.4 is 0 Å². The number of hydrogen-bond donors (Lipinski definition) is 0. The Labute approximate surface area is 107 Å². The molecule has 3 nitrogen and oxygen atoms in total. The maximum absolute atomic E-state index is 11.5. The van der Waals surface area contributed by atoms with Crippen molar-refractivity contribution >= 4 is 5.97 Å². The first-order valence-electron chi connectivity index (χ1n) is 6.41. The summed E-state index contributed by atoms with van der Waals surface area (Å²) in [5, 5.41) is 0. The minimum atomic E-state index is -0.439. The molecule has 1 aromatic rings. The summed E-state index contributed by atoms with van der Waals surface area (Å²) in [6.45, 7) is 6.69. The van der Waals surface area contributed by atoms with Crippen LogP contribution in [0, 0.1) is 12.8 Å². The van der Waals surface area contributed by atoms with Crippen molar-refractivity contribution in [3.63, 3.8) is 0 Å². The quantitative estimate of drug-likeness (QED) is 0.715. The molecule has 2 aliphatic rings. The fourth-order valence-electron chi connectivity index (χ4n) is 3.16. The fraction of sp³-hybridized carbons (Fsp3) is 0.533. The number of fused-ring (bicyclic) bond motifs is 1. The van der Waals surface area contributed by atoms with E-state index in [0.717, 1.165) is 0 Å². The minimum Gasteiger partial charge on any atom is -0.459 e. The molecule has 0 aliphatic carbocycles. The van der Waals surface area contributed by atoms with Crippen molar-refractivity contribution in [3.05, 3.63) is 34.9 Å². The smallest absolute Gasteiger partial charge is 0.306 e. The van der Waals surface area contributed by atoms with Gasteiger partial charge in [-0.15, -0.1) is 0 Å². The molecule has 0 N–H and O–H groups in total. The average Bonchev–Trinajstić information content (AvgIpc) is 2.80. The molecule has 1 fully saturated rings. The molecular formula is C15H18O3. The van der Waals surface area contributed by atoms with Crippen molar-refractivity contribution in [2.45, 2.75) is 45.5 Å². The first kappa shape index (κ1) is 11.7. The summed E-state index contributed by atoms with van der Waals surface area (Å²) in [6.07, 6.45) is 0.438. The van der Waals surface area contributed by atoms with Gasteiger partial charge in [0.2, 0.25) is 0 Å². The zero-order chi connectivity index (χ0) is 12.9. The van der Waals surface area contributed by atoms with Crippen LogP contribution in [0.15, 0.2) is 18.2 Å². The number of benzene rings is 1. The number of rotatable bonds is 1. The molecule has 96 valence electrons. The van der Waals surface area contributed by atoms with Crippen LogP contribution >= 0.6 is 0 Å². The molecule has 0 bridgehead atoms. The fourth-order valence-corrected chi connectivity index (χ4v) is 3.16. The second-order valence-corrected chi connectivity index (χ2v) is 5.77. The standard InChI is InChI=1S/C15H18O3/c1-9-5-4-6-10-8-17-14(13(9)10)11-7-12(16)18-15(11,2)3/h4-6,11,14H,7-8H2,1-3H3/t11-,14+/m0/s1. The first-order valence-corrected chi connectivity index (χ1v) is 6.41. The minimum absolute atomic E-state index is 0.0114. The lowest BCUT2D eigenvalue weighted by Crippen LogP contribution is -2.32. The maximum atomic E-state index is 11.5. The third-order valence-corrected chi connectivity index (χ3v) is 4.14. The lowest BCUT2D eigenvalue weighted by atomic mass is 9.81. The van der Waals surface area contributed by atoms with E-state index in [1.54, 1.807) is 0 Å². The van der Waals surface area contributed by atoms with Gasteiger partial charge in [0.15, 0.2) is 0 Å². The van der Waals surface area contributed by atoms with E-state index in [4.69, 9.17) is 9.47 Å². The van der Waals surface area contributed by atoms with Gasteiger partial charge in [0.1, 0.15) is 5.60 Å². The number of carbonyl (C=O) groups is 1. The van der Waals surface area contributed by atoms with Gasteiger partial charge in [0.25, 0.3) is 0 Å². The third kappa shape index (κ3) is 1.65. The Balaban J connectivity index is 2.00. The Hall–Kier alpha value is -1.35. The highest BCUT2D eigenvalue weighted by molar-refractivity contribution is 5.73. The van der Waals surface area contributed by atoms with Crippen LogP contribution in [0.25, 0.3) is 0 Å². The highest BCUT2D eigenvalue weighted by Gasteiger charge is 2.49. The topological polar surface area (TPSA) is 35.5 Å². The normalized spacial score (nSPS) is 29.2. The Kier molecular flexibility index (Phi) is 2.49. The van der Waals surface area contributed by atoms with Crippen LogP contribution in [0.4, 0.5) is 0 Å². The monoisotopic (exact) mass is 246 g/mol. The molecule has 3 heteroatoms. The Morgan fingerprint density at radius 1 is 1.33 bits per heavy atom. The van der Waals surface area contributed by atoms with Gasteiger partial charge in [-0.2, -0.15) is 0 Å². The number of cyclic esters (lactones) is 1. The van der Waals surface area contributed by atoms with Gasteiger partial charge in [0, 0.05) is 5.92 Å². The van der Waals surface area contributed by atoms with Gasteiger partial charge in [0.05, 0.1) is 19.1 Å². The van der Waals surface area contributed by atoms with Crippen LogP contribution in [-0.2, 0) is 20.9 Å². The predicted octanol–water partition coefficient (Wildman–Crippen LogP) is 2.91. The lowest BCUT2D eigenvalue weighted by molar-refractivity contribution is -0.147. The van der Waals surface area contributed by atoms with E-state index in [-0.39, 0.29) is 18.0 Å². The van der Waals surface area contributed by atoms with Crippen molar-refractivity contribution in [2.24, 2.45) is 5.92 Å². The van der Waals surface area contributed by atoms with E-state index < -0.39 is 5.60 Å². The second kappa shape index (κ2) is 3.82.